The molecule has 7 nitrogen and oxygen atoms in total. The van der Waals surface area contributed by atoms with Crippen molar-refractivity contribution in [3.05, 3.63) is 64.1 Å². The molecule has 0 bridgehead atoms. The number of nitrogens with zero attached hydrogens (tertiary/aromatic N) is 1. The maximum atomic E-state index is 12.5. The third-order valence-corrected chi connectivity index (χ3v) is 3.96. The van der Waals surface area contributed by atoms with Crippen molar-refractivity contribution in [2.24, 2.45) is 0 Å². The first-order chi connectivity index (χ1) is 12.3. The topological polar surface area (TPSA) is 89.4 Å². The smallest absolute Gasteiger partial charge is 0.388 e. The first-order valence-corrected chi connectivity index (χ1v) is 7.51. The lowest BCUT2D eigenvalue weighted by atomic mass is 9.90. The maximum absolute atomic E-state index is 12.5. The van der Waals surface area contributed by atoms with E-state index in [-0.39, 0.29) is 23.4 Å². The van der Waals surface area contributed by atoms with Crippen molar-refractivity contribution in [2.45, 2.75) is 25.6 Å². The van der Waals surface area contributed by atoms with E-state index >= 15 is 0 Å². The molecule has 1 aromatic carbocycles. The van der Waals surface area contributed by atoms with Crippen LogP contribution in [0.2, 0.25) is 0 Å². The summed E-state index contributed by atoms with van der Waals surface area (Å²) < 4.78 is 30.0. The Hall–Kier alpha value is -3.41. The molecule has 26 heavy (non-hydrogen) atoms. The molecule has 1 aromatic heterocycles. The molecule has 0 radical (unpaired) electrons. The van der Waals surface area contributed by atoms with Crippen molar-refractivity contribution >= 4 is 11.9 Å². The van der Waals surface area contributed by atoms with Gasteiger partial charge in [0.15, 0.2) is 11.3 Å². The highest BCUT2D eigenvalue weighted by Gasteiger charge is 2.48. The molecule has 0 spiro atoms. The Labute approximate surface area is 146 Å². The lowest BCUT2D eigenvalue weighted by Gasteiger charge is -2.26. The van der Waals surface area contributed by atoms with Gasteiger partial charge >= 0.3 is 12.6 Å². The summed E-state index contributed by atoms with van der Waals surface area (Å²) in [7, 11) is 0. The number of halogens is 2. The Bertz CT molecular complexity index is 911. The summed E-state index contributed by atoms with van der Waals surface area (Å²) in [6.45, 7) is -1.61. The SMILES string of the molecule is Cc1cccn(CC2(c3c#cc(OC(F)F)cc3)NC(=O)NC2=O)c1=O. The van der Waals surface area contributed by atoms with Gasteiger partial charge in [-0.3, -0.25) is 14.9 Å². The molecule has 1 aliphatic rings. The minimum Gasteiger partial charge on any atom is -0.426 e. The van der Waals surface area contributed by atoms with E-state index in [1.165, 1.54) is 22.9 Å². The zero-order valence-electron chi connectivity index (χ0n) is 13.5. The summed E-state index contributed by atoms with van der Waals surface area (Å²) in [5, 5.41) is 4.61. The molecule has 134 valence electrons. The summed E-state index contributed by atoms with van der Waals surface area (Å²) in [5.74, 6) is -0.959. The quantitative estimate of drug-likeness (QED) is 0.781. The zero-order valence-corrected chi connectivity index (χ0v) is 13.5. The third kappa shape index (κ3) is 3.09. The van der Waals surface area contributed by atoms with Crippen LogP contribution in [-0.2, 0) is 16.9 Å². The average molecular weight is 361 g/mol. The maximum Gasteiger partial charge on any atom is 0.388 e. The van der Waals surface area contributed by atoms with Crippen molar-refractivity contribution in [3.63, 3.8) is 0 Å². The van der Waals surface area contributed by atoms with Gasteiger partial charge in [0.2, 0.25) is 0 Å². The molecule has 3 rings (SSSR count). The summed E-state index contributed by atoms with van der Waals surface area (Å²) in [4.78, 5) is 36.5. The molecule has 9 heteroatoms. The van der Waals surface area contributed by atoms with E-state index in [0.29, 0.717) is 5.56 Å². The molecular weight excluding hydrogens is 348 g/mol. The number of carbonyl (C=O) groups excluding carboxylic acids is 2. The molecule has 3 amide bonds. The van der Waals surface area contributed by atoms with Gasteiger partial charge in [-0.05, 0) is 31.2 Å². The Morgan fingerprint density at radius 3 is 2.58 bits per heavy atom. The van der Waals surface area contributed by atoms with Gasteiger partial charge in [0.1, 0.15) is 0 Å². The minimum absolute atomic E-state index is 0.149. The largest absolute Gasteiger partial charge is 0.426 e. The minimum atomic E-state index is -3.03. The van der Waals surface area contributed by atoms with E-state index in [1.54, 1.807) is 19.1 Å². The third-order valence-electron chi connectivity index (χ3n) is 3.96. The van der Waals surface area contributed by atoms with Crippen molar-refractivity contribution < 1.29 is 23.1 Å². The molecule has 2 aromatic rings. The number of hydrogen-bond acceptors (Lipinski definition) is 4. The highest BCUT2D eigenvalue weighted by atomic mass is 19.3. The van der Waals surface area contributed by atoms with Crippen molar-refractivity contribution in [3.8, 4) is 5.75 Å². The van der Waals surface area contributed by atoms with Crippen LogP contribution in [-0.4, -0.2) is 23.1 Å². The van der Waals surface area contributed by atoms with Crippen LogP contribution < -0.4 is 20.9 Å². The van der Waals surface area contributed by atoms with Gasteiger partial charge in [0, 0.05) is 17.3 Å². The van der Waals surface area contributed by atoms with Gasteiger partial charge in [-0.15, -0.1) is 0 Å². The van der Waals surface area contributed by atoms with E-state index in [1.807, 2.05) is 0 Å². The molecule has 0 aliphatic carbocycles. The van der Waals surface area contributed by atoms with E-state index in [4.69, 9.17) is 0 Å². The van der Waals surface area contributed by atoms with Crippen LogP contribution in [0.4, 0.5) is 13.6 Å². The second kappa shape index (κ2) is 6.48. The summed E-state index contributed by atoms with van der Waals surface area (Å²) >= 11 is 0. The van der Waals surface area contributed by atoms with Gasteiger partial charge in [0.05, 0.1) is 6.54 Å². The Morgan fingerprint density at radius 2 is 2.00 bits per heavy atom. The molecule has 1 unspecified atom stereocenters. The number of aromatic nitrogens is 1. The van der Waals surface area contributed by atoms with Crippen LogP contribution in [0.15, 0.2) is 35.3 Å². The van der Waals surface area contributed by atoms with Gasteiger partial charge in [-0.1, -0.05) is 12.1 Å². The van der Waals surface area contributed by atoms with E-state index in [9.17, 15) is 23.2 Å². The number of ether oxygens (including phenoxy) is 1. The summed E-state index contributed by atoms with van der Waals surface area (Å²) in [6.07, 6.45) is 1.48. The Kier molecular flexibility index (Phi) is 4.34. The van der Waals surface area contributed by atoms with Gasteiger partial charge in [-0.2, -0.15) is 8.78 Å². The normalized spacial score (nSPS) is 19.1. The molecule has 2 N–H and O–H groups in total. The van der Waals surface area contributed by atoms with Gasteiger partial charge in [0.25, 0.3) is 11.5 Å². The van der Waals surface area contributed by atoms with Crippen LogP contribution >= 0.6 is 0 Å². The molecule has 1 atom stereocenters. The van der Waals surface area contributed by atoms with Crippen molar-refractivity contribution in [1.29, 1.82) is 0 Å². The van der Waals surface area contributed by atoms with Gasteiger partial charge < -0.3 is 14.6 Å². The molecule has 2 heterocycles. The van der Waals surface area contributed by atoms with E-state index in [0.717, 1.165) is 0 Å². The monoisotopic (exact) mass is 361 g/mol. The number of pyridine rings is 1. The van der Waals surface area contributed by atoms with Crippen LogP contribution in [0.1, 0.15) is 11.1 Å². The summed E-state index contributed by atoms with van der Waals surface area (Å²) in [5.41, 5.74) is -1.35. The first-order valence-electron chi connectivity index (χ1n) is 7.51. The van der Waals surface area contributed by atoms with E-state index in [2.05, 4.69) is 27.5 Å². The number of rotatable bonds is 5. The standard InChI is InChI=1S/C17H13F2N3O4/c1-10-3-2-8-22(13(10)23)9-17(14(24)20-16(25)21-17)11-4-6-12(7-5-11)26-15(18)19/h2-4,6,8,15H,9H2,1H3,(H2,20,21,24,25). The van der Waals surface area contributed by atoms with Crippen molar-refractivity contribution in [1.82, 2.24) is 15.2 Å². The second-order valence-electron chi connectivity index (χ2n) is 5.68. The molecular formula is C17H13F2N3O4. The first kappa shape index (κ1) is 17.4. The molecule has 0 saturated carbocycles. The number of carbonyl (C=O) groups is 2. The fraction of sp³-hybridized carbons (Fsp3) is 0.235. The molecule has 1 saturated heterocycles. The number of alkyl halides is 2. The van der Waals surface area contributed by atoms with Crippen LogP contribution in [0.3, 0.4) is 0 Å². The highest BCUT2D eigenvalue weighted by molar-refractivity contribution is 6.07. The van der Waals surface area contributed by atoms with E-state index < -0.39 is 24.1 Å². The second-order valence-corrected chi connectivity index (χ2v) is 5.68. The Balaban J connectivity index is 2.03. The number of nitrogens with one attached hydrogen (secondary N) is 2. The zero-order chi connectivity index (χ0) is 18.9. The lowest BCUT2D eigenvalue weighted by Crippen LogP contribution is -2.49. The van der Waals surface area contributed by atoms with Crippen LogP contribution in [0, 0.1) is 19.1 Å². The molecule has 1 fully saturated rings. The summed E-state index contributed by atoms with van der Waals surface area (Å²) in [6, 6.07) is 9.93. The number of hydrogen-bond donors (Lipinski definition) is 2. The van der Waals surface area contributed by atoms with Gasteiger partial charge in [-0.25, -0.2) is 4.79 Å². The fourth-order valence-electron chi connectivity index (χ4n) is 2.70. The average Bonchev–Trinajstić information content (AvgIpc) is 2.86. The molecule has 1 aliphatic heterocycles. The van der Waals surface area contributed by atoms with Crippen LogP contribution in [0.5, 0.6) is 5.75 Å². The van der Waals surface area contributed by atoms with Crippen LogP contribution in [0.25, 0.3) is 0 Å². The number of urea groups is 1. The number of aryl methyl sites for hydroxylation is 1. The number of amides is 3. The van der Waals surface area contributed by atoms with Crippen molar-refractivity contribution in [2.75, 3.05) is 0 Å². The lowest BCUT2D eigenvalue weighted by molar-refractivity contribution is -0.124. The fourth-order valence-corrected chi connectivity index (χ4v) is 2.70. The highest BCUT2D eigenvalue weighted by Crippen LogP contribution is 2.26. The predicted octanol–water partition coefficient (Wildman–Crippen LogP) is 1.09. The Morgan fingerprint density at radius 1 is 1.23 bits per heavy atom. The predicted molar refractivity (Wildman–Crippen MR) is 84.5 cm³/mol. The number of imide groups is 1.